The molecule has 4 nitrogen and oxygen atoms in total. The second kappa shape index (κ2) is 4.56. The third-order valence-electron chi connectivity index (χ3n) is 4.66. The lowest BCUT2D eigenvalue weighted by atomic mass is 9.88. The Hall–Kier alpha value is -1.06. The lowest BCUT2D eigenvalue weighted by Crippen LogP contribution is -2.39. The summed E-state index contributed by atoms with van der Waals surface area (Å²) >= 11 is 0. The number of carboxylic acids is 1. The maximum Gasteiger partial charge on any atom is 0.308 e. The molecule has 2 atom stereocenters. The first-order valence-electron chi connectivity index (χ1n) is 6.89. The lowest BCUT2D eigenvalue weighted by Gasteiger charge is -2.28. The molecule has 1 N–H and O–H groups in total. The molecule has 0 unspecified atom stereocenters. The van der Waals surface area contributed by atoms with E-state index in [4.69, 9.17) is 0 Å². The standard InChI is InChI=1S/C14H23NO3/c1-4-14(2,3)13(18)15-7-10(9-5-6-9)11(8-15)12(16)17/h9-11H,4-8H2,1-3H3,(H,16,17)/t10-,11+/m1/s1. The fourth-order valence-electron chi connectivity index (χ4n) is 2.84. The molecule has 2 aliphatic rings. The topological polar surface area (TPSA) is 57.6 Å². The van der Waals surface area contributed by atoms with Crippen molar-refractivity contribution in [2.45, 2.75) is 40.0 Å². The molecule has 2 fully saturated rings. The molecule has 0 aromatic heterocycles. The maximum atomic E-state index is 12.4. The van der Waals surface area contributed by atoms with E-state index in [1.165, 1.54) is 0 Å². The van der Waals surface area contributed by atoms with Gasteiger partial charge in [-0.2, -0.15) is 0 Å². The Morgan fingerprint density at radius 1 is 1.28 bits per heavy atom. The van der Waals surface area contributed by atoms with E-state index in [1.807, 2.05) is 20.8 Å². The number of carbonyl (C=O) groups excluding carboxylic acids is 1. The van der Waals surface area contributed by atoms with Crippen LogP contribution in [0.25, 0.3) is 0 Å². The highest BCUT2D eigenvalue weighted by Crippen LogP contribution is 2.44. The highest BCUT2D eigenvalue weighted by atomic mass is 16.4. The maximum absolute atomic E-state index is 12.4. The van der Waals surface area contributed by atoms with Crippen LogP contribution in [-0.4, -0.2) is 35.0 Å². The average molecular weight is 253 g/mol. The van der Waals surface area contributed by atoms with Gasteiger partial charge in [-0.1, -0.05) is 20.8 Å². The van der Waals surface area contributed by atoms with Crippen LogP contribution in [0.3, 0.4) is 0 Å². The van der Waals surface area contributed by atoms with Gasteiger partial charge in [-0.25, -0.2) is 0 Å². The molecule has 102 valence electrons. The number of amides is 1. The summed E-state index contributed by atoms with van der Waals surface area (Å²) in [4.78, 5) is 25.5. The van der Waals surface area contributed by atoms with Crippen LogP contribution in [0, 0.1) is 23.2 Å². The number of rotatable bonds is 4. The first-order valence-corrected chi connectivity index (χ1v) is 6.89. The molecule has 0 aromatic carbocycles. The van der Waals surface area contributed by atoms with Gasteiger partial charge < -0.3 is 10.0 Å². The molecule has 0 radical (unpaired) electrons. The Bertz CT molecular complexity index is 360. The molecular weight excluding hydrogens is 230 g/mol. The highest BCUT2D eigenvalue weighted by Gasteiger charge is 2.48. The monoisotopic (exact) mass is 253 g/mol. The summed E-state index contributed by atoms with van der Waals surface area (Å²) in [7, 11) is 0. The fraction of sp³-hybridized carbons (Fsp3) is 0.857. The van der Waals surface area contributed by atoms with Gasteiger partial charge in [0.15, 0.2) is 0 Å². The summed E-state index contributed by atoms with van der Waals surface area (Å²) in [5, 5.41) is 9.28. The van der Waals surface area contributed by atoms with E-state index in [0.717, 1.165) is 19.3 Å². The lowest BCUT2D eigenvalue weighted by molar-refractivity contribution is -0.143. The summed E-state index contributed by atoms with van der Waals surface area (Å²) in [6, 6.07) is 0. The quantitative estimate of drug-likeness (QED) is 0.833. The van der Waals surface area contributed by atoms with Gasteiger partial charge in [0.05, 0.1) is 5.92 Å². The largest absolute Gasteiger partial charge is 0.481 e. The first-order chi connectivity index (χ1) is 8.36. The Labute approximate surface area is 108 Å². The summed E-state index contributed by atoms with van der Waals surface area (Å²) < 4.78 is 0. The van der Waals surface area contributed by atoms with Gasteiger partial charge in [0.25, 0.3) is 0 Å². The van der Waals surface area contributed by atoms with Crippen molar-refractivity contribution in [3.63, 3.8) is 0 Å². The van der Waals surface area contributed by atoms with Crippen LogP contribution in [0.5, 0.6) is 0 Å². The third-order valence-corrected chi connectivity index (χ3v) is 4.66. The molecule has 4 heteroatoms. The molecule has 1 saturated carbocycles. The van der Waals surface area contributed by atoms with E-state index in [2.05, 4.69) is 0 Å². The molecule has 1 heterocycles. The molecule has 1 amide bonds. The smallest absolute Gasteiger partial charge is 0.308 e. The zero-order valence-electron chi connectivity index (χ0n) is 11.5. The van der Waals surface area contributed by atoms with Gasteiger partial charge in [-0.05, 0) is 31.1 Å². The van der Waals surface area contributed by atoms with Crippen LogP contribution in [0.15, 0.2) is 0 Å². The minimum atomic E-state index is -0.739. The number of hydrogen-bond acceptors (Lipinski definition) is 2. The zero-order valence-corrected chi connectivity index (χ0v) is 11.5. The molecule has 18 heavy (non-hydrogen) atoms. The van der Waals surface area contributed by atoms with Crippen molar-refractivity contribution in [1.82, 2.24) is 4.90 Å². The van der Waals surface area contributed by atoms with E-state index in [-0.39, 0.29) is 23.2 Å². The Balaban J connectivity index is 2.08. The molecule has 1 saturated heterocycles. The molecule has 2 rings (SSSR count). The Morgan fingerprint density at radius 2 is 1.89 bits per heavy atom. The van der Waals surface area contributed by atoms with Gasteiger partial charge in [-0.15, -0.1) is 0 Å². The van der Waals surface area contributed by atoms with E-state index < -0.39 is 5.97 Å². The Morgan fingerprint density at radius 3 is 2.33 bits per heavy atom. The van der Waals surface area contributed by atoms with E-state index in [9.17, 15) is 14.7 Å². The van der Waals surface area contributed by atoms with Crippen LogP contribution >= 0.6 is 0 Å². The predicted molar refractivity (Wildman–Crippen MR) is 68.0 cm³/mol. The normalized spacial score (nSPS) is 28.5. The molecule has 1 aliphatic carbocycles. The number of carboxylic acid groups (broad SMARTS) is 1. The molecule has 1 aliphatic heterocycles. The fourth-order valence-corrected chi connectivity index (χ4v) is 2.84. The van der Waals surface area contributed by atoms with E-state index >= 15 is 0 Å². The second-order valence-electron chi connectivity index (χ2n) is 6.39. The van der Waals surface area contributed by atoms with Gasteiger partial charge in [0.1, 0.15) is 0 Å². The van der Waals surface area contributed by atoms with Crippen LogP contribution in [-0.2, 0) is 9.59 Å². The summed E-state index contributed by atoms with van der Waals surface area (Å²) in [6.07, 6.45) is 3.05. The predicted octanol–water partition coefficient (Wildman–Crippen LogP) is 1.99. The molecule has 0 bridgehead atoms. The van der Waals surface area contributed by atoms with Crippen LogP contribution in [0.4, 0.5) is 0 Å². The minimum absolute atomic E-state index is 0.111. The van der Waals surface area contributed by atoms with Crippen LogP contribution < -0.4 is 0 Å². The summed E-state index contributed by atoms with van der Waals surface area (Å²) in [6.45, 7) is 6.93. The first kappa shape index (κ1) is 13.4. The number of hydrogen-bond donors (Lipinski definition) is 1. The number of likely N-dealkylation sites (tertiary alicyclic amines) is 1. The third kappa shape index (κ3) is 2.38. The highest BCUT2D eigenvalue weighted by molar-refractivity contribution is 5.83. The Kier molecular flexibility index (Phi) is 3.39. The summed E-state index contributed by atoms with van der Waals surface area (Å²) in [5.41, 5.74) is -0.374. The SMILES string of the molecule is CCC(C)(C)C(=O)N1C[C@H](C(=O)O)[C@@H](C2CC2)C1. The van der Waals surface area contributed by atoms with Gasteiger partial charge in [0, 0.05) is 18.5 Å². The van der Waals surface area contributed by atoms with Crippen molar-refractivity contribution in [3.8, 4) is 0 Å². The number of nitrogens with zero attached hydrogens (tertiary/aromatic N) is 1. The second-order valence-corrected chi connectivity index (χ2v) is 6.39. The molecule has 0 spiro atoms. The van der Waals surface area contributed by atoms with Crippen LogP contribution in [0.2, 0.25) is 0 Å². The van der Waals surface area contributed by atoms with Gasteiger partial charge in [0.2, 0.25) is 5.91 Å². The van der Waals surface area contributed by atoms with Crippen molar-refractivity contribution in [3.05, 3.63) is 0 Å². The van der Waals surface area contributed by atoms with Crippen molar-refractivity contribution >= 4 is 11.9 Å². The van der Waals surface area contributed by atoms with Crippen molar-refractivity contribution in [2.75, 3.05) is 13.1 Å². The van der Waals surface area contributed by atoms with Crippen molar-refractivity contribution in [2.24, 2.45) is 23.2 Å². The number of aliphatic carboxylic acids is 1. The van der Waals surface area contributed by atoms with Crippen molar-refractivity contribution in [1.29, 1.82) is 0 Å². The minimum Gasteiger partial charge on any atom is -0.481 e. The summed E-state index contributed by atoms with van der Waals surface area (Å²) in [5.74, 6) is -0.266. The number of carbonyl (C=O) groups is 2. The molecule has 0 aromatic rings. The van der Waals surface area contributed by atoms with Crippen molar-refractivity contribution < 1.29 is 14.7 Å². The zero-order chi connectivity index (χ0) is 13.5. The van der Waals surface area contributed by atoms with Gasteiger partial charge in [-0.3, -0.25) is 9.59 Å². The van der Waals surface area contributed by atoms with Gasteiger partial charge >= 0.3 is 5.97 Å². The van der Waals surface area contributed by atoms with E-state index in [1.54, 1.807) is 4.90 Å². The molecular formula is C14H23NO3. The average Bonchev–Trinajstić information content (AvgIpc) is 3.07. The van der Waals surface area contributed by atoms with Crippen LogP contribution in [0.1, 0.15) is 40.0 Å². The van der Waals surface area contributed by atoms with E-state index in [0.29, 0.717) is 19.0 Å².